The van der Waals surface area contributed by atoms with E-state index in [1.54, 1.807) is 12.1 Å². The molecule has 1 aliphatic heterocycles. The third kappa shape index (κ3) is 3.88. The molecule has 2 N–H and O–H groups in total. The summed E-state index contributed by atoms with van der Waals surface area (Å²) in [7, 11) is 1.31. The SMILES string of the molecule is CCOc1ccc([C@@H]2Nc3ccccc3NC3=C2C(=O)[C@@H](C(=O)OC)[C@@H](C)C3)cc1Cl. The number of nitrogens with one attached hydrogen (secondary N) is 2. The van der Waals surface area contributed by atoms with Crippen LogP contribution in [0.3, 0.4) is 0 Å². The lowest BCUT2D eigenvalue weighted by Gasteiger charge is -2.32. The number of hydrogen-bond donors (Lipinski definition) is 2. The highest BCUT2D eigenvalue weighted by molar-refractivity contribution is 6.32. The monoisotopic (exact) mass is 440 g/mol. The zero-order valence-corrected chi connectivity index (χ0v) is 18.5. The Hall–Kier alpha value is -2.99. The van der Waals surface area contributed by atoms with Crippen molar-refractivity contribution in [3.63, 3.8) is 0 Å². The van der Waals surface area contributed by atoms with E-state index in [0.717, 1.165) is 22.6 Å². The first-order chi connectivity index (χ1) is 14.9. The third-order valence-electron chi connectivity index (χ3n) is 5.81. The normalized spacial score (nSPS) is 22.5. The van der Waals surface area contributed by atoms with Crippen LogP contribution in [0.5, 0.6) is 5.75 Å². The van der Waals surface area contributed by atoms with E-state index in [0.29, 0.717) is 29.4 Å². The van der Waals surface area contributed by atoms with Crippen LogP contribution in [0.25, 0.3) is 0 Å². The van der Waals surface area contributed by atoms with Gasteiger partial charge in [0.2, 0.25) is 0 Å². The minimum atomic E-state index is -0.839. The maximum absolute atomic E-state index is 13.6. The van der Waals surface area contributed by atoms with E-state index in [2.05, 4.69) is 10.6 Å². The highest BCUT2D eigenvalue weighted by Gasteiger charge is 2.44. The highest BCUT2D eigenvalue weighted by Crippen LogP contribution is 2.44. The summed E-state index contributed by atoms with van der Waals surface area (Å²) in [5, 5.41) is 7.38. The standard InChI is InChI=1S/C24H25ClN2O4/c1-4-31-19-10-9-14(12-15(19)25)22-21-18(26-16-7-5-6-8-17(16)27-22)11-13(2)20(23(21)28)24(29)30-3/h5-10,12-13,20,22,26-27H,4,11H2,1-3H3/t13-,20-,22-/m0/s1. The first-order valence-corrected chi connectivity index (χ1v) is 10.7. The Bertz CT molecular complexity index is 1070. The molecule has 0 fully saturated rings. The number of benzene rings is 2. The topological polar surface area (TPSA) is 76.7 Å². The summed E-state index contributed by atoms with van der Waals surface area (Å²) in [6.45, 7) is 4.30. The molecule has 0 bridgehead atoms. The molecule has 6 nitrogen and oxygen atoms in total. The second kappa shape index (κ2) is 8.63. The second-order valence-corrected chi connectivity index (χ2v) is 8.22. The van der Waals surface area contributed by atoms with Crippen molar-refractivity contribution in [2.45, 2.75) is 26.3 Å². The van der Waals surface area contributed by atoms with Crippen LogP contribution in [0.15, 0.2) is 53.7 Å². The number of halogens is 1. The van der Waals surface area contributed by atoms with Gasteiger partial charge in [-0.3, -0.25) is 9.59 Å². The van der Waals surface area contributed by atoms with Crippen molar-refractivity contribution in [3.05, 3.63) is 64.3 Å². The van der Waals surface area contributed by atoms with Crippen LogP contribution in [0.4, 0.5) is 11.4 Å². The molecule has 0 spiro atoms. The molecule has 0 amide bonds. The fourth-order valence-corrected chi connectivity index (χ4v) is 4.60. The summed E-state index contributed by atoms with van der Waals surface area (Å²) < 4.78 is 10.5. The minimum Gasteiger partial charge on any atom is -0.492 e. The van der Waals surface area contributed by atoms with E-state index in [1.165, 1.54) is 7.11 Å². The Morgan fingerprint density at radius 1 is 1.19 bits per heavy atom. The number of carbonyl (C=O) groups excluding carboxylic acids is 2. The van der Waals surface area contributed by atoms with Crippen molar-refractivity contribution in [2.24, 2.45) is 11.8 Å². The van der Waals surface area contributed by atoms with Gasteiger partial charge >= 0.3 is 5.97 Å². The molecule has 7 heteroatoms. The van der Waals surface area contributed by atoms with E-state index >= 15 is 0 Å². The van der Waals surface area contributed by atoms with Gasteiger partial charge in [0.05, 0.1) is 36.2 Å². The average Bonchev–Trinajstić information content (AvgIpc) is 2.91. The zero-order valence-electron chi connectivity index (χ0n) is 17.7. The predicted octanol–water partition coefficient (Wildman–Crippen LogP) is 4.97. The number of ketones is 1. The summed E-state index contributed by atoms with van der Waals surface area (Å²) in [6, 6.07) is 12.8. The molecule has 4 rings (SSSR count). The van der Waals surface area contributed by atoms with E-state index in [9.17, 15) is 9.59 Å². The largest absolute Gasteiger partial charge is 0.492 e. The fourth-order valence-electron chi connectivity index (χ4n) is 4.35. The summed E-state index contributed by atoms with van der Waals surface area (Å²) in [5.41, 5.74) is 3.90. The number of hydrogen-bond acceptors (Lipinski definition) is 6. The number of carbonyl (C=O) groups is 2. The summed E-state index contributed by atoms with van der Waals surface area (Å²) in [5.74, 6) is -1.17. The minimum absolute atomic E-state index is 0.180. The van der Waals surface area contributed by atoms with Crippen molar-refractivity contribution in [2.75, 3.05) is 24.4 Å². The molecule has 1 aliphatic carbocycles. The molecule has 31 heavy (non-hydrogen) atoms. The average molecular weight is 441 g/mol. The number of esters is 1. The third-order valence-corrected chi connectivity index (χ3v) is 6.11. The summed E-state index contributed by atoms with van der Waals surface area (Å²) in [4.78, 5) is 26.1. The maximum atomic E-state index is 13.6. The number of allylic oxidation sites excluding steroid dienone is 1. The van der Waals surface area contributed by atoms with E-state index in [4.69, 9.17) is 21.1 Å². The lowest BCUT2D eigenvalue weighted by molar-refractivity contribution is -0.151. The van der Waals surface area contributed by atoms with Gasteiger partial charge in [0.15, 0.2) is 5.78 Å². The van der Waals surface area contributed by atoms with Gasteiger partial charge in [-0.2, -0.15) is 0 Å². The molecule has 2 aromatic carbocycles. The lowest BCUT2D eigenvalue weighted by atomic mass is 9.75. The number of para-hydroxylation sites is 2. The van der Waals surface area contributed by atoms with Crippen LogP contribution >= 0.6 is 11.6 Å². The first-order valence-electron chi connectivity index (χ1n) is 10.3. The van der Waals surface area contributed by atoms with Crippen molar-refractivity contribution in [1.29, 1.82) is 0 Å². The Morgan fingerprint density at radius 3 is 2.61 bits per heavy atom. The number of anilines is 2. The van der Waals surface area contributed by atoms with Crippen LogP contribution in [0, 0.1) is 11.8 Å². The van der Waals surface area contributed by atoms with Gasteiger partial charge in [0, 0.05) is 11.3 Å². The highest BCUT2D eigenvalue weighted by atomic mass is 35.5. The van der Waals surface area contributed by atoms with Crippen molar-refractivity contribution < 1.29 is 19.1 Å². The molecule has 0 aromatic heterocycles. The summed E-state index contributed by atoms with van der Waals surface area (Å²) >= 11 is 6.46. The van der Waals surface area contributed by atoms with Crippen LogP contribution in [0.2, 0.25) is 5.02 Å². The van der Waals surface area contributed by atoms with Gasteiger partial charge in [-0.05, 0) is 49.1 Å². The van der Waals surface area contributed by atoms with Crippen molar-refractivity contribution in [1.82, 2.24) is 0 Å². The van der Waals surface area contributed by atoms with Crippen LogP contribution < -0.4 is 15.4 Å². The molecule has 0 saturated carbocycles. The second-order valence-electron chi connectivity index (χ2n) is 7.81. The number of rotatable bonds is 4. The molecule has 0 radical (unpaired) electrons. The van der Waals surface area contributed by atoms with E-state index in [1.807, 2.05) is 44.2 Å². The van der Waals surface area contributed by atoms with Gasteiger partial charge in [0.25, 0.3) is 0 Å². The smallest absolute Gasteiger partial charge is 0.316 e. The van der Waals surface area contributed by atoms with Crippen molar-refractivity contribution >= 4 is 34.7 Å². The quantitative estimate of drug-likeness (QED) is 0.516. The van der Waals surface area contributed by atoms with Crippen molar-refractivity contribution in [3.8, 4) is 5.75 Å². The number of ether oxygens (including phenoxy) is 2. The van der Waals surface area contributed by atoms with Crippen LogP contribution in [0.1, 0.15) is 31.9 Å². The molecule has 0 unspecified atom stereocenters. The number of Topliss-reactive ketones (excluding diaryl/α,β-unsaturated/α-hetero) is 1. The molecule has 162 valence electrons. The Balaban J connectivity index is 1.85. The van der Waals surface area contributed by atoms with E-state index < -0.39 is 17.9 Å². The molecule has 1 heterocycles. The molecular formula is C24H25ClN2O4. The summed E-state index contributed by atoms with van der Waals surface area (Å²) in [6.07, 6.45) is 0.554. The van der Waals surface area contributed by atoms with Crippen LogP contribution in [-0.4, -0.2) is 25.5 Å². The van der Waals surface area contributed by atoms with Gasteiger partial charge in [-0.15, -0.1) is 0 Å². The van der Waals surface area contributed by atoms with Gasteiger partial charge in [-0.25, -0.2) is 0 Å². The Labute approximate surface area is 186 Å². The maximum Gasteiger partial charge on any atom is 0.316 e. The van der Waals surface area contributed by atoms with Gasteiger partial charge < -0.3 is 20.1 Å². The van der Waals surface area contributed by atoms with E-state index in [-0.39, 0.29) is 11.7 Å². The number of methoxy groups -OCH3 is 1. The Morgan fingerprint density at radius 2 is 1.94 bits per heavy atom. The van der Waals surface area contributed by atoms with Crippen LogP contribution in [-0.2, 0) is 14.3 Å². The lowest BCUT2D eigenvalue weighted by Crippen LogP contribution is -2.39. The van der Waals surface area contributed by atoms with Gasteiger partial charge in [-0.1, -0.05) is 36.7 Å². The first kappa shape index (κ1) is 21.2. The Kier molecular flexibility index (Phi) is 5.92. The fraction of sp³-hybridized carbons (Fsp3) is 0.333. The molecule has 3 atom stereocenters. The molecule has 0 saturated heterocycles. The zero-order chi connectivity index (χ0) is 22.1. The predicted molar refractivity (Wildman–Crippen MR) is 120 cm³/mol. The number of fused-ring (bicyclic) bond motifs is 1. The molecule has 2 aromatic rings. The molecular weight excluding hydrogens is 416 g/mol. The molecule has 2 aliphatic rings. The van der Waals surface area contributed by atoms with Gasteiger partial charge in [0.1, 0.15) is 11.7 Å².